The molecule has 0 fully saturated rings. The monoisotopic (exact) mass is 334 g/mol. The molecular formula is C17H19ClN2O3. The van der Waals surface area contributed by atoms with Gasteiger partial charge in [0.1, 0.15) is 11.5 Å². The highest BCUT2D eigenvalue weighted by atomic mass is 35.5. The van der Waals surface area contributed by atoms with Crippen LogP contribution in [0.4, 0.5) is 11.4 Å². The smallest absolute Gasteiger partial charge is 0.226 e. The zero-order valence-corrected chi connectivity index (χ0v) is 13.8. The first-order chi connectivity index (χ1) is 11.1. The highest BCUT2D eigenvalue weighted by Gasteiger charge is 2.06. The molecule has 0 saturated heterocycles. The van der Waals surface area contributed by atoms with E-state index >= 15 is 0 Å². The Morgan fingerprint density at radius 2 is 1.83 bits per heavy atom. The maximum absolute atomic E-state index is 11.9. The number of benzene rings is 2. The van der Waals surface area contributed by atoms with Crippen LogP contribution in [0.2, 0.25) is 5.02 Å². The summed E-state index contributed by atoms with van der Waals surface area (Å²) in [5.74, 6) is 1.31. The number of ether oxygens (including phenoxy) is 2. The third-order valence-corrected chi connectivity index (χ3v) is 3.46. The van der Waals surface area contributed by atoms with E-state index in [0.717, 1.165) is 11.4 Å². The number of methoxy groups -OCH3 is 2. The van der Waals surface area contributed by atoms with Crippen molar-refractivity contribution in [2.45, 2.75) is 6.42 Å². The molecule has 0 aliphatic heterocycles. The average Bonchev–Trinajstić information content (AvgIpc) is 2.57. The fourth-order valence-electron chi connectivity index (χ4n) is 2.01. The minimum atomic E-state index is -0.0766. The minimum absolute atomic E-state index is 0.0766. The van der Waals surface area contributed by atoms with Gasteiger partial charge >= 0.3 is 0 Å². The predicted octanol–water partition coefficient (Wildman–Crippen LogP) is 3.80. The van der Waals surface area contributed by atoms with Gasteiger partial charge in [-0.15, -0.1) is 0 Å². The Morgan fingerprint density at radius 1 is 1.09 bits per heavy atom. The van der Waals surface area contributed by atoms with E-state index < -0.39 is 0 Å². The molecule has 0 aliphatic rings. The van der Waals surface area contributed by atoms with Crippen LogP contribution in [0, 0.1) is 0 Å². The number of hydrogen-bond acceptors (Lipinski definition) is 4. The Balaban J connectivity index is 1.84. The number of rotatable bonds is 7. The van der Waals surface area contributed by atoms with Crippen molar-refractivity contribution in [2.24, 2.45) is 0 Å². The van der Waals surface area contributed by atoms with Gasteiger partial charge in [0.2, 0.25) is 5.91 Å². The summed E-state index contributed by atoms with van der Waals surface area (Å²) >= 11 is 5.81. The third kappa shape index (κ3) is 5.07. The maximum atomic E-state index is 11.9. The summed E-state index contributed by atoms with van der Waals surface area (Å²) in [6.07, 6.45) is 0.331. The number of amides is 1. The van der Waals surface area contributed by atoms with Crippen LogP contribution in [-0.4, -0.2) is 26.7 Å². The van der Waals surface area contributed by atoms with E-state index in [1.807, 2.05) is 12.1 Å². The van der Waals surface area contributed by atoms with Gasteiger partial charge in [0.05, 0.1) is 19.9 Å². The van der Waals surface area contributed by atoms with Crippen LogP contribution in [0.15, 0.2) is 42.5 Å². The second kappa shape index (κ2) is 8.29. The molecule has 0 radical (unpaired) electrons. The van der Waals surface area contributed by atoms with Crippen molar-refractivity contribution in [1.82, 2.24) is 0 Å². The molecule has 0 bridgehead atoms. The number of anilines is 2. The molecule has 0 aromatic heterocycles. The van der Waals surface area contributed by atoms with E-state index in [1.165, 1.54) is 0 Å². The molecule has 23 heavy (non-hydrogen) atoms. The summed E-state index contributed by atoms with van der Waals surface area (Å²) < 4.78 is 10.4. The van der Waals surface area contributed by atoms with Gasteiger partial charge in [-0.3, -0.25) is 4.79 Å². The molecular weight excluding hydrogens is 316 g/mol. The molecule has 122 valence electrons. The molecule has 0 heterocycles. The maximum Gasteiger partial charge on any atom is 0.226 e. The van der Waals surface area contributed by atoms with Crippen LogP contribution in [0.3, 0.4) is 0 Å². The van der Waals surface area contributed by atoms with Gasteiger partial charge in [-0.2, -0.15) is 0 Å². The molecule has 2 N–H and O–H groups in total. The highest BCUT2D eigenvalue weighted by Crippen LogP contribution is 2.28. The van der Waals surface area contributed by atoms with Gasteiger partial charge in [-0.05, 0) is 36.4 Å². The lowest BCUT2D eigenvalue weighted by molar-refractivity contribution is -0.115. The molecule has 5 nitrogen and oxygen atoms in total. The Kier molecular flexibility index (Phi) is 6.11. The van der Waals surface area contributed by atoms with Crippen molar-refractivity contribution in [3.8, 4) is 11.5 Å². The number of nitrogens with one attached hydrogen (secondary N) is 2. The van der Waals surface area contributed by atoms with Crippen molar-refractivity contribution in [1.29, 1.82) is 0 Å². The zero-order valence-electron chi connectivity index (χ0n) is 13.1. The van der Waals surface area contributed by atoms with Gasteiger partial charge in [0.15, 0.2) is 0 Å². The van der Waals surface area contributed by atoms with Gasteiger partial charge in [-0.1, -0.05) is 11.6 Å². The van der Waals surface area contributed by atoms with Crippen LogP contribution in [0.25, 0.3) is 0 Å². The van der Waals surface area contributed by atoms with Crippen molar-refractivity contribution >= 4 is 28.9 Å². The molecule has 0 aliphatic carbocycles. The van der Waals surface area contributed by atoms with Crippen LogP contribution < -0.4 is 20.1 Å². The van der Waals surface area contributed by atoms with E-state index in [9.17, 15) is 4.79 Å². The second-order valence-electron chi connectivity index (χ2n) is 4.80. The number of carbonyl (C=O) groups is 1. The first-order valence-corrected chi connectivity index (χ1v) is 7.51. The molecule has 0 spiro atoms. The summed E-state index contributed by atoms with van der Waals surface area (Å²) in [6, 6.07) is 12.5. The summed E-state index contributed by atoms with van der Waals surface area (Å²) in [6.45, 7) is 0.488. The SMILES string of the molecule is COc1ccc(NCCC(=O)Nc2ccc(Cl)cc2)c(OC)c1. The summed E-state index contributed by atoms with van der Waals surface area (Å²) in [5.41, 5.74) is 1.54. The highest BCUT2D eigenvalue weighted by molar-refractivity contribution is 6.30. The van der Waals surface area contributed by atoms with Crippen molar-refractivity contribution in [2.75, 3.05) is 31.4 Å². The Labute approximate surface area is 140 Å². The molecule has 0 saturated carbocycles. The molecule has 0 unspecified atom stereocenters. The van der Waals surface area contributed by atoms with Gasteiger partial charge in [-0.25, -0.2) is 0 Å². The Morgan fingerprint density at radius 3 is 2.48 bits per heavy atom. The molecule has 6 heteroatoms. The van der Waals surface area contributed by atoms with Crippen LogP contribution in [0.5, 0.6) is 11.5 Å². The van der Waals surface area contributed by atoms with E-state index in [0.29, 0.717) is 29.5 Å². The molecule has 1 amide bonds. The lowest BCUT2D eigenvalue weighted by Gasteiger charge is -2.12. The molecule has 2 rings (SSSR count). The van der Waals surface area contributed by atoms with Crippen molar-refractivity contribution in [3.05, 3.63) is 47.5 Å². The van der Waals surface area contributed by atoms with Crippen LogP contribution >= 0.6 is 11.6 Å². The number of halogens is 1. The normalized spacial score (nSPS) is 10.0. The lowest BCUT2D eigenvalue weighted by atomic mass is 10.2. The van der Waals surface area contributed by atoms with Crippen LogP contribution in [-0.2, 0) is 4.79 Å². The van der Waals surface area contributed by atoms with Gasteiger partial charge < -0.3 is 20.1 Å². The van der Waals surface area contributed by atoms with Crippen molar-refractivity contribution in [3.63, 3.8) is 0 Å². The summed E-state index contributed by atoms with van der Waals surface area (Å²) in [4.78, 5) is 11.9. The zero-order chi connectivity index (χ0) is 16.7. The predicted molar refractivity (Wildman–Crippen MR) is 92.7 cm³/mol. The summed E-state index contributed by atoms with van der Waals surface area (Å²) in [7, 11) is 3.19. The molecule has 2 aromatic rings. The average molecular weight is 335 g/mol. The lowest BCUT2D eigenvalue weighted by Crippen LogP contribution is -2.16. The topological polar surface area (TPSA) is 59.6 Å². The van der Waals surface area contributed by atoms with Gasteiger partial charge in [0, 0.05) is 29.7 Å². The number of hydrogen-bond donors (Lipinski definition) is 2. The third-order valence-electron chi connectivity index (χ3n) is 3.20. The van der Waals surface area contributed by atoms with E-state index in [-0.39, 0.29) is 5.91 Å². The van der Waals surface area contributed by atoms with E-state index in [4.69, 9.17) is 21.1 Å². The fraction of sp³-hybridized carbons (Fsp3) is 0.235. The molecule has 0 atom stereocenters. The van der Waals surface area contributed by atoms with Gasteiger partial charge in [0.25, 0.3) is 0 Å². The minimum Gasteiger partial charge on any atom is -0.497 e. The van der Waals surface area contributed by atoms with Crippen LogP contribution in [0.1, 0.15) is 6.42 Å². The van der Waals surface area contributed by atoms with E-state index in [1.54, 1.807) is 44.6 Å². The first kappa shape index (κ1) is 17.0. The Hall–Kier alpha value is -2.40. The Bertz CT molecular complexity index is 659. The quantitative estimate of drug-likeness (QED) is 0.808. The second-order valence-corrected chi connectivity index (χ2v) is 5.23. The standard InChI is InChI=1S/C17H19ClN2O3/c1-22-14-7-8-15(16(11-14)23-2)19-10-9-17(21)20-13-5-3-12(18)4-6-13/h3-8,11,19H,9-10H2,1-2H3,(H,20,21). The molecule has 2 aromatic carbocycles. The fourth-order valence-corrected chi connectivity index (χ4v) is 2.14. The summed E-state index contributed by atoms with van der Waals surface area (Å²) in [5, 5.41) is 6.63. The van der Waals surface area contributed by atoms with E-state index in [2.05, 4.69) is 10.6 Å². The number of carbonyl (C=O) groups excluding carboxylic acids is 1. The van der Waals surface area contributed by atoms with Crippen molar-refractivity contribution < 1.29 is 14.3 Å². The first-order valence-electron chi connectivity index (χ1n) is 7.13. The largest absolute Gasteiger partial charge is 0.497 e.